The van der Waals surface area contributed by atoms with E-state index in [9.17, 15) is 4.39 Å². The Balaban J connectivity index is 2.17. The summed E-state index contributed by atoms with van der Waals surface area (Å²) in [5.41, 5.74) is 0.987. The molecule has 1 N–H and O–H groups in total. The summed E-state index contributed by atoms with van der Waals surface area (Å²) in [6, 6.07) is 4.90. The molecule has 0 radical (unpaired) electrons. The molecule has 1 aliphatic rings. The first-order valence-electron chi connectivity index (χ1n) is 7.09. The molecule has 1 aromatic carbocycles. The molecule has 0 heterocycles. The topological polar surface area (TPSA) is 12.0 Å². The highest BCUT2D eigenvalue weighted by Gasteiger charge is 2.34. The van der Waals surface area contributed by atoms with Crippen molar-refractivity contribution in [1.82, 2.24) is 0 Å². The molecule has 0 amide bonds. The van der Waals surface area contributed by atoms with Gasteiger partial charge < -0.3 is 5.32 Å². The Morgan fingerprint density at radius 3 is 2.58 bits per heavy atom. The number of rotatable bonds is 2. The molecule has 0 spiro atoms. The van der Waals surface area contributed by atoms with E-state index in [1.165, 1.54) is 31.4 Å². The first-order valence-corrected chi connectivity index (χ1v) is 7.47. The normalized spacial score (nSPS) is 24.3. The zero-order chi connectivity index (χ0) is 14.0. The van der Waals surface area contributed by atoms with Crippen molar-refractivity contribution in [3.05, 3.63) is 29.0 Å². The van der Waals surface area contributed by atoms with Crippen LogP contribution in [-0.2, 0) is 0 Å². The second-order valence-corrected chi connectivity index (χ2v) is 7.04. The molecule has 0 aliphatic heterocycles. The molecule has 1 aliphatic carbocycles. The number of anilines is 1. The van der Waals surface area contributed by atoms with E-state index in [4.69, 9.17) is 11.6 Å². The highest BCUT2D eigenvalue weighted by atomic mass is 35.5. The molecular formula is C16H23ClFN. The summed E-state index contributed by atoms with van der Waals surface area (Å²) in [5, 5.41) is 4.07. The minimum absolute atomic E-state index is 0.241. The third kappa shape index (κ3) is 3.62. The molecule has 0 aromatic heterocycles. The predicted octanol–water partition coefficient (Wildman–Crippen LogP) is 5.50. The van der Waals surface area contributed by atoms with E-state index in [0.29, 0.717) is 17.0 Å². The van der Waals surface area contributed by atoms with E-state index in [1.807, 2.05) is 0 Å². The number of benzene rings is 1. The summed E-state index contributed by atoms with van der Waals surface area (Å²) in [7, 11) is 0. The quantitative estimate of drug-likeness (QED) is 0.756. The minimum Gasteiger partial charge on any atom is -0.381 e. The predicted molar refractivity (Wildman–Crippen MR) is 80.2 cm³/mol. The van der Waals surface area contributed by atoms with Crippen molar-refractivity contribution >= 4 is 17.3 Å². The fourth-order valence-electron chi connectivity index (χ4n) is 3.15. The van der Waals surface area contributed by atoms with Crippen molar-refractivity contribution in [2.45, 2.75) is 52.5 Å². The van der Waals surface area contributed by atoms with Gasteiger partial charge in [0.2, 0.25) is 0 Å². The van der Waals surface area contributed by atoms with Crippen LogP contribution in [0.15, 0.2) is 18.2 Å². The standard InChI is InChI=1S/C16H23ClFN/c1-16(2,3)12-6-4-5-7-14(12)19-15-10-11(18)8-9-13(15)17/h8-10,12,14,19H,4-7H2,1-3H3. The lowest BCUT2D eigenvalue weighted by atomic mass is 9.69. The van der Waals surface area contributed by atoms with Crippen LogP contribution in [0.4, 0.5) is 10.1 Å². The van der Waals surface area contributed by atoms with Crippen molar-refractivity contribution in [3.63, 3.8) is 0 Å². The molecule has 19 heavy (non-hydrogen) atoms. The van der Waals surface area contributed by atoms with Crippen LogP contribution in [0.5, 0.6) is 0 Å². The molecule has 0 saturated heterocycles. The zero-order valence-corrected chi connectivity index (χ0v) is 12.7. The summed E-state index contributed by atoms with van der Waals surface area (Å²) in [6.07, 6.45) is 4.89. The third-order valence-corrected chi connectivity index (χ3v) is 4.48. The lowest BCUT2D eigenvalue weighted by Crippen LogP contribution is -2.39. The van der Waals surface area contributed by atoms with Crippen LogP contribution in [0.1, 0.15) is 46.5 Å². The maximum atomic E-state index is 13.3. The molecule has 1 aromatic rings. The SMILES string of the molecule is CC(C)(C)C1CCCCC1Nc1cc(F)ccc1Cl. The van der Waals surface area contributed by atoms with Gasteiger partial charge in [-0.2, -0.15) is 0 Å². The Labute approximate surface area is 120 Å². The molecule has 1 saturated carbocycles. The van der Waals surface area contributed by atoms with Gasteiger partial charge in [-0.1, -0.05) is 45.2 Å². The lowest BCUT2D eigenvalue weighted by Gasteiger charge is -2.41. The van der Waals surface area contributed by atoms with Gasteiger partial charge >= 0.3 is 0 Å². The smallest absolute Gasteiger partial charge is 0.125 e. The van der Waals surface area contributed by atoms with Crippen molar-refractivity contribution in [3.8, 4) is 0 Å². The average Bonchev–Trinajstić information content (AvgIpc) is 2.33. The van der Waals surface area contributed by atoms with Crippen molar-refractivity contribution < 1.29 is 4.39 Å². The number of hydrogen-bond acceptors (Lipinski definition) is 1. The molecule has 1 nitrogen and oxygen atoms in total. The van der Waals surface area contributed by atoms with Gasteiger partial charge in [-0.25, -0.2) is 4.39 Å². The Kier molecular flexibility index (Phi) is 4.39. The van der Waals surface area contributed by atoms with Crippen molar-refractivity contribution in [2.24, 2.45) is 11.3 Å². The number of nitrogens with one attached hydrogen (secondary N) is 1. The van der Waals surface area contributed by atoms with Gasteiger partial charge in [0.15, 0.2) is 0 Å². The van der Waals surface area contributed by atoms with Crippen LogP contribution in [0, 0.1) is 17.2 Å². The Hall–Kier alpha value is -0.760. The van der Waals surface area contributed by atoms with Crippen LogP contribution in [0.3, 0.4) is 0 Å². The van der Waals surface area contributed by atoms with Gasteiger partial charge in [0.05, 0.1) is 10.7 Å². The first kappa shape index (κ1) is 14.6. The van der Waals surface area contributed by atoms with Crippen molar-refractivity contribution in [1.29, 1.82) is 0 Å². The zero-order valence-electron chi connectivity index (χ0n) is 12.0. The van der Waals surface area contributed by atoms with Gasteiger partial charge in [-0.3, -0.25) is 0 Å². The number of hydrogen-bond donors (Lipinski definition) is 1. The number of halogens is 2. The van der Waals surface area contributed by atoms with E-state index in [0.717, 1.165) is 12.1 Å². The van der Waals surface area contributed by atoms with E-state index in [1.54, 1.807) is 6.07 Å². The summed E-state index contributed by atoms with van der Waals surface area (Å²) < 4.78 is 13.3. The fourth-order valence-corrected chi connectivity index (χ4v) is 3.32. The van der Waals surface area contributed by atoms with Gasteiger partial charge in [0, 0.05) is 6.04 Å². The maximum absolute atomic E-state index is 13.3. The molecule has 0 bridgehead atoms. The summed E-state index contributed by atoms with van der Waals surface area (Å²) in [6.45, 7) is 6.85. The monoisotopic (exact) mass is 283 g/mol. The summed E-state index contributed by atoms with van der Waals surface area (Å²) in [5.74, 6) is 0.357. The van der Waals surface area contributed by atoms with Crippen LogP contribution >= 0.6 is 11.6 Å². The van der Waals surface area contributed by atoms with Crippen LogP contribution in [0.2, 0.25) is 5.02 Å². The summed E-state index contributed by atoms with van der Waals surface area (Å²) in [4.78, 5) is 0. The molecule has 2 unspecified atom stereocenters. The van der Waals surface area contributed by atoms with Gasteiger partial charge in [-0.05, 0) is 42.4 Å². The van der Waals surface area contributed by atoms with Gasteiger partial charge in [0.1, 0.15) is 5.82 Å². The van der Waals surface area contributed by atoms with Gasteiger partial charge in [0.25, 0.3) is 0 Å². The van der Waals surface area contributed by atoms with Crippen molar-refractivity contribution in [2.75, 3.05) is 5.32 Å². The second kappa shape index (κ2) is 5.70. The summed E-state index contributed by atoms with van der Waals surface area (Å²) >= 11 is 6.15. The third-order valence-electron chi connectivity index (χ3n) is 4.15. The van der Waals surface area contributed by atoms with E-state index >= 15 is 0 Å². The molecular weight excluding hydrogens is 261 g/mol. The van der Waals surface area contributed by atoms with E-state index < -0.39 is 0 Å². The molecule has 2 atom stereocenters. The van der Waals surface area contributed by atoms with E-state index in [2.05, 4.69) is 26.1 Å². The Morgan fingerprint density at radius 1 is 1.21 bits per heavy atom. The highest BCUT2D eigenvalue weighted by Crippen LogP contribution is 2.40. The Morgan fingerprint density at radius 2 is 1.89 bits per heavy atom. The van der Waals surface area contributed by atoms with E-state index in [-0.39, 0.29) is 11.2 Å². The highest BCUT2D eigenvalue weighted by molar-refractivity contribution is 6.33. The molecule has 3 heteroatoms. The largest absolute Gasteiger partial charge is 0.381 e. The van der Waals surface area contributed by atoms with Crippen LogP contribution in [-0.4, -0.2) is 6.04 Å². The molecule has 2 rings (SSSR count). The average molecular weight is 284 g/mol. The molecule has 106 valence electrons. The first-order chi connectivity index (χ1) is 8.88. The Bertz CT molecular complexity index is 439. The molecule has 1 fully saturated rings. The van der Waals surface area contributed by atoms with Crippen LogP contribution in [0.25, 0.3) is 0 Å². The second-order valence-electron chi connectivity index (χ2n) is 6.63. The van der Waals surface area contributed by atoms with Crippen LogP contribution < -0.4 is 5.32 Å². The maximum Gasteiger partial charge on any atom is 0.125 e. The fraction of sp³-hybridized carbons (Fsp3) is 0.625. The minimum atomic E-state index is -0.241. The van der Waals surface area contributed by atoms with Gasteiger partial charge in [-0.15, -0.1) is 0 Å². The lowest BCUT2D eigenvalue weighted by molar-refractivity contribution is 0.163.